The second-order valence-electron chi connectivity index (χ2n) is 34.1. The van der Waals surface area contributed by atoms with Gasteiger partial charge in [-0.25, -0.2) is 0 Å². The number of nitrogens with zero attached hydrogens (tertiary/aromatic N) is 4. The van der Waals surface area contributed by atoms with Crippen molar-refractivity contribution in [1.82, 2.24) is 51.7 Å². The van der Waals surface area contributed by atoms with E-state index in [9.17, 15) is 32.4 Å². The number of rotatable bonds is 26. The quantitative estimate of drug-likeness (QED) is 0.0150. The van der Waals surface area contributed by atoms with Gasteiger partial charge < -0.3 is 79.0 Å². The zero-order valence-electron chi connectivity index (χ0n) is 73.4. The highest BCUT2D eigenvalue weighted by Gasteiger charge is 2.26. The highest BCUT2D eigenvalue weighted by molar-refractivity contribution is 9.10. The zero-order valence-corrected chi connectivity index (χ0v) is 77.3. The predicted octanol–water partition coefficient (Wildman–Crippen LogP) is 15.8. The number of aromatic hydroxyl groups is 1. The molecular formula is C96H120Br2N10O16S. The van der Waals surface area contributed by atoms with Crippen molar-refractivity contribution in [1.29, 1.82) is 0 Å². The Hall–Kier alpha value is -9.40. The minimum atomic E-state index is -3.46. The van der Waals surface area contributed by atoms with Crippen LogP contribution in [0.3, 0.4) is 0 Å². The maximum Gasteiger partial charge on any atom is 0.264 e. The molecular weight excluding hydrogens is 1740 g/mol. The van der Waals surface area contributed by atoms with Gasteiger partial charge in [-0.15, -0.1) is 0 Å². The van der Waals surface area contributed by atoms with E-state index in [1.54, 1.807) is 72.9 Å². The molecule has 0 unspecified atom stereocenters. The number of piperazine rings is 3. The third kappa shape index (κ3) is 28.3. The Morgan fingerprint density at radius 1 is 0.480 bits per heavy atom. The van der Waals surface area contributed by atoms with Crippen LogP contribution in [0, 0.1) is 20.8 Å². The maximum atomic E-state index is 13.5. The Balaban J connectivity index is 0.000000154. The first-order chi connectivity index (χ1) is 60.0. The van der Waals surface area contributed by atoms with Crippen molar-refractivity contribution in [2.45, 2.75) is 207 Å². The van der Waals surface area contributed by atoms with E-state index in [0.29, 0.717) is 188 Å². The molecule has 8 heterocycles. The third-order valence-electron chi connectivity index (χ3n) is 22.4. The van der Waals surface area contributed by atoms with E-state index in [-0.39, 0.29) is 47.1 Å². The Kier molecular flexibility index (Phi) is 34.4. The molecule has 5 aliphatic rings. The average molecular weight is 1860 g/mol. The van der Waals surface area contributed by atoms with Crippen molar-refractivity contribution in [2.75, 3.05) is 85.0 Å². The van der Waals surface area contributed by atoms with Gasteiger partial charge in [-0.3, -0.25) is 38.1 Å². The maximum absolute atomic E-state index is 13.5. The Bertz CT molecular complexity index is 5780. The Morgan fingerprint density at radius 3 is 1.25 bits per heavy atom. The number of aryl methyl sites for hydroxylation is 5. The van der Waals surface area contributed by atoms with Gasteiger partial charge in [-0.1, -0.05) is 57.5 Å². The largest absolute Gasteiger partial charge is 0.506 e. The predicted molar refractivity (Wildman–Crippen MR) is 500 cm³/mol. The number of nitrogens with one attached hydrogen (secondary N) is 6. The molecule has 0 bridgehead atoms. The number of pyridine rings is 2. The van der Waals surface area contributed by atoms with E-state index in [0.717, 1.165) is 134 Å². The van der Waals surface area contributed by atoms with Crippen LogP contribution >= 0.6 is 31.9 Å². The van der Waals surface area contributed by atoms with Crippen LogP contribution in [0.4, 0.5) is 0 Å². The molecule has 0 spiro atoms. The minimum absolute atomic E-state index is 0.0221. The van der Waals surface area contributed by atoms with Crippen LogP contribution in [-0.2, 0) is 36.7 Å². The van der Waals surface area contributed by atoms with Gasteiger partial charge in [0.15, 0.2) is 34.0 Å². The van der Waals surface area contributed by atoms with Crippen LogP contribution < -0.4 is 67.1 Å². The normalized spacial score (nSPS) is 18.9. The van der Waals surface area contributed by atoms with Crippen LogP contribution in [-0.4, -0.2) is 178 Å². The summed E-state index contributed by atoms with van der Waals surface area (Å²) in [6.45, 7) is 28.8. The molecule has 670 valence electrons. The van der Waals surface area contributed by atoms with Crippen LogP contribution in [0.2, 0.25) is 0 Å². The van der Waals surface area contributed by atoms with Gasteiger partial charge in [0.2, 0.25) is 28.1 Å². The van der Waals surface area contributed by atoms with E-state index in [2.05, 4.69) is 129 Å². The van der Waals surface area contributed by atoms with Gasteiger partial charge in [0, 0.05) is 146 Å². The fraction of sp³-hybridized carbons (Fsp3) is 0.469. The zero-order chi connectivity index (χ0) is 88.8. The number of carbonyl (C=O) groups excluding carboxylic acids is 2. The SMILES string of the molecule is C[C@@H]1CNC[C@H](C)N1.Cc1cc(OCCCN2C[C@@H](C)N[C@@H](C)C2)c2oc3cc(Br)ccc3c(=O)c2c1.Cc1cc(OCCCN2C[C@@H](C)N[C@@H](C)C2)c2oc3cc(Oc4ccc(CCC(=O)NC5CCCC5)nc4)ccc3c(=O)c2c1.Cc1cc(OCCCOS(C)(=O)=O)c2oc3cc(Br)ccc3c(=O)c2c1.O=C(CCc1ccc(O)cn1)NC1CCCC1. The molecule has 3 saturated heterocycles. The lowest BCUT2D eigenvalue weighted by molar-refractivity contribution is -0.122. The fourth-order valence-corrected chi connectivity index (χ4v) is 17.9. The van der Waals surface area contributed by atoms with E-state index in [1.165, 1.54) is 31.9 Å². The van der Waals surface area contributed by atoms with E-state index >= 15 is 0 Å². The molecule has 11 aromatic rings. The number of amides is 2. The van der Waals surface area contributed by atoms with Crippen LogP contribution in [0.1, 0.15) is 153 Å². The number of halogens is 2. The summed E-state index contributed by atoms with van der Waals surface area (Å²) in [7, 11) is -3.46. The number of ether oxygens (including phenoxy) is 4. The molecule has 3 aliphatic heterocycles. The van der Waals surface area contributed by atoms with Crippen molar-refractivity contribution in [3.8, 4) is 34.5 Å². The molecule has 16 rings (SSSR count). The number of hydrogen-bond donors (Lipinski definition) is 7. The van der Waals surface area contributed by atoms with Gasteiger partial charge >= 0.3 is 0 Å². The summed E-state index contributed by atoms with van der Waals surface area (Å²) in [5.41, 5.74) is 7.02. The van der Waals surface area contributed by atoms with Crippen molar-refractivity contribution in [2.24, 2.45) is 0 Å². The monoisotopic (exact) mass is 1860 g/mol. The molecule has 7 N–H and O–H groups in total. The number of carbonyl (C=O) groups is 2. The molecule has 0 radical (unpaired) electrons. The van der Waals surface area contributed by atoms with Crippen LogP contribution in [0.15, 0.2) is 164 Å². The van der Waals surface area contributed by atoms with Crippen molar-refractivity contribution in [3.05, 3.63) is 195 Å². The van der Waals surface area contributed by atoms with Crippen LogP contribution in [0.5, 0.6) is 34.5 Å². The van der Waals surface area contributed by atoms with Crippen molar-refractivity contribution < 1.29 is 59.5 Å². The third-order valence-corrected chi connectivity index (χ3v) is 24.0. The van der Waals surface area contributed by atoms with Crippen molar-refractivity contribution >= 4 is 120 Å². The molecule has 6 aromatic carbocycles. The summed E-state index contributed by atoms with van der Waals surface area (Å²) in [6.07, 6.45) is 17.6. The highest BCUT2D eigenvalue weighted by Crippen LogP contribution is 2.35. The number of hydrogen-bond acceptors (Lipinski definition) is 24. The highest BCUT2D eigenvalue weighted by atomic mass is 79.9. The molecule has 2 aliphatic carbocycles. The fourth-order valence-electron chi connectivity index (χ4n) is 16.8. The van der Waals surface area contributed by atoms with Gasteiger partial charge in [0.25, 0.3) is 10.1 Å². The number of aromatic nitrogens is 2. The first-order valence-electron chi connectivity index (χ1n) is 43.8. The van der Waals surface area contributed by atoms with E-state index < -0.39 is 10.1 Å². The molecule has 26 nitrogen and oxygen atoms in total. The Morgan fingerprint density at radius 2 is 0.864 bits per heavy atom. The van der Waals surface area contributed by atoms with Crippen molar-refractivity contribution in [3.63, 3.8) is 0 Å². The summed E-state index contributed by atoms with van der Waals surface area (Å²) in [6, 6.07) is 38.2. The average Bonchev–Trinajstić information content (AvgIpc) is 0.955. The lowest BCUT2D eigenvalue weighted by Gasteiger charge is -2.36. The lowest BCUT2D eigenvalue weighted by Crippen LogP contribution is -2.54. The van der Waals surface area contributed by atoms with E-state index in [4.69, 9.17) is 37.3 Å². The molecule has 2 saturated carbocycles. The molecule has 5 aromatic heterocycles. The standard InChI is InChI=1S/C36H44N4O5.C23H27BrN2O3.C18H17BrO6S.C13H18N2O2.C6H14N2/c1-23-17-31-35(42)30-13-12-28(44-29-11-9-26(37-20-29)10-14-34(41)39-27-7-4-5-8-27)19-32(30)45-36(31)33(18-23)43-16-6-15-40-21-24(2)38-25(3)22-40;1-14-9-19-22(27)18-6-5-17(24)11-20(18)29-23(19)21(10-14)28-8-4-7-26-12-15(2)25-16(3)13-26;1-11-8-14-17(20)13-5-4-12(19)10-15(13)25-18(14)16(9-11)23-6-3-7-24-26(2,21)22;16-12-7-5-10(14-9-12)6-8-13(17)15-11-3-1-2-4-11;1-5-3-7-4-6(2)8-5/h9,11-13,17-20,24-25,27,38H,4-8,10,14-16,21-22H2,1-3H3,(H,39,41);5-6,9-11,15-16,25H,4,7-8,12-13H2,1-3H3;4-5,8-10H,3,6-7H2,1-2H3;5,7,9,11,16H,1-4,6,8H2,(H,15,17);5-8H,3-4H2,1-2H3/t24-,25+;15-,16+;;;5-,6+. The molecule has 2 amide bonds. The second-order valence-corrected chi connectivity index (χ2v) is 37.5. The molecule has 125 heavy (non-hydrogen) atoms. The van der Waals surface area contributed by atoms with Gasteiger partial charge in [0.05, 0.1) is 77.4 Å². The van der Waals surface area contributed by atoms with Gasteiger partial charge in [-0.05, 0) is 240 Å². The number of benzene rings is 6. The second kappa shape index (κ2) is 45.3. The summed E-state index contributed by atoms with van der Waals surface area (Å²) in [4.78, 5) is 76.6. The smallest absolute Gasteiger partial charge is 0.264 e. The van der Waals surface area contributed by atoms with Gasteiger partial charge in [0.1, 0.15) is 34.0 Å². The lowest BCUT2D eigenvalue weighted by atomic mass is 10.1. The summed E-state index contributed by atoms with van der Waals surface area (Å²) in [5.74, 6) is 3.09. The first kappa shape index (κ1) is 94.7. The summed E-state index contributed by atoms with van der Waals surface area (Å²) >= 11 is 6.82. The minimum Gasteiger partial charge on any atom is -0.506 e. The van der Waals surface area contributed by atoms with Gasteiger partial charge in [-0.2, -0.15) is 8.42 Å². The molecule has 6 atom stereocenters. The molecule has 29 heteroatoms. The number of fused-ring (bicyclic) bond motifs is 6. The van der Waals surface area contributed by atoms with Crippen LogP contribution in [0.25, 0.3) is 65.8 Å². The molecule has 5 fully saturated rings. The Labute approximate surface area is 747 Å². The van der Waals surface area contributed by atoms with E-state index in [1.807, 2.05) is 69.3 Å². The first-order valence-corrected chi connectivity index (χ1v) is 47.2. The summed E-state index contributed by atoms with van der Waals surface area (Å²) < 4.78 is 70.7. The topological polar surface area (TPSA) is 330 Å². The summed E-state index contributed by atoms with van der Waals surface area (Å²) in [5, 5.41) is 32.2.